The molecule has 14 nitrogen and oxygen atoms in total. The van der Waals surface area contributed by atoms with E-state index in [0.717, 1.165) is 19.8 Å². The van der Waals surface area contributed by atoms with Gasteiger partial charge in [0.05, 0.1) is 12.6 Å². The van der Waals surface area contributed by atoms with Gasteiger partial charge in [0.25, 0.3) is 0 Å². The van der Waals surface area contributed by atoms with Crippen molar-refractivity contribution in [3.05, 3.63) is 0 Å². The van der Waals surface area contributed by atoms with Crippen LogP contribution in [0.25, 0.3) is 0 Å². The predicted molar refractivity (Wildman–Crippen MR) is 125 cm³/mol. The van der Waals surface area contributed by atoms with Crippen LogP contribution in [0.4, 0.5) is 0 Å². The summed E-state index contributed by atoms with van der Waals surface area (Å²) >= 11 is 0. The zero-order chi connectivity index (χ0) is 27.3. The third-order valence-electron chi connectivity index (χ3n) is 5.51. The summed E-state index contributed by atoms with van der Waals surface area (Å²) in [5, 5.41) is 34.7. The maximum absolute atomic E-state index is 12.4. The van der Waals surface area contributed by atoms with E-state index in [4.69, 9.17) is 25.7 Å². The first-order valence-electron chi connectivity index (χ1n) is 12.0. The van der Waals surface area contributed by atoms with Gasteiger partial charge in [-0.25, -0.2) is 0 Å². The second-order valence-electron chi connectivity index (χ2n) is 8.71. The molecule has 0 aromatic heterocycles. The van der Waals surface area contributed by atoms with Gasteiger partial charge in [0.1, 0.15) is 24.4 Å². The number of carbonyl (C=O) groups excluding carboxylic acids is 4. The van der Waals surface area contributed by atoms with E-state index in [0.29, 0.717) is 19.4 Å². The third kappa shape index (κ3) is 11.1. The van der Waals surface area contributed by atoms with Gasteiger partial charge in [-0.05, 0) is 26.2 Å². The highest BCUT2D eigenvalue weighted by Gasteiger charge is 2.46. The topological polar surface area (TPSA) is 233 Å². The number of esters is 1. The van der Waals surface area contributed by atoms with Crippen LogP contribution in [0.5, 0.6) is 0 Å². The minimum atomic E-state index is -1.47. The standard InChI is InChI=1S/C22H40N4O10/c1-12(23)20(32)26-14(7-8-16(24)29)21(33)25-9-5-3-4-6-10-34-22-19(35-13(2)28)18(31)17(30)15(11-27)36-22/h12,14-15,17-19,22,27,30-31H,3-11,23H2,1-2H3,(H2,24,29)(H,25,33)(H,26,32)/t12-,14-,15+,17+,18-,19-,22+/m0/s1. The molecule has 0 bridgehead atoms. The fourth-order valence-corrected chi connectivity index (χ4v) is 3.48. The Morgan fingerprint density at radius 2 is 1.72 bits per heavy atom. The van der Waals surface area contributed by atoms with Gasteiger partial charge in [-0.3, -0.25) is 19.2 Å². The molecule has 14 heteroatoms. The molecule has 1 aliphatic rings. The number of nitrogens with one attached hydrogen (secondary N) is 2. The predicted octanol–water partition coefficient (Wildman–Crippen LogP) is -2.85. The van der Waals surface area contributed by atoms with Crippen molar-refractivity contribution < 1.29 is 48.7 Å². The van der Waals surface area contributed by atoms with Crippen LogP contribution in [0.15, 0.2) is 0 Å². The molecule has 1 saturated heterocycles. The first kappa shape index (κ1) is 31.7. The van der Waals surface area contributed by atoms with E-state index in [1.807, 2.05) is 0 Å². The number of unbranched alkanes of at least 4 members (excludes halogenated alkanes) is 3. The van der Waals surface area contributed by atoms with Gasteiger partial charge in [0.15, 0.2) is 12.4 Å². The van der Waals surface area contributed by atoms with E-state index in [-0.39, 0.29) is 19.4 Å². The monoisotopic (exact) mass is 520 g/mol. The van der Waals surface area contributed by atoms with Crippen LogP contribution in [-0.2, 0) is 33.4 Å². The van der Waals surface area contributed by atoms with E-state index < -0.39 is 73.1 Å². The molecule has 7 atom stereocenters. The second kappa shape index (κ2) is 16.4. The second-order valence-corrected chi connectivity index (χ2v) is 8.71. The van der Waals surface area contributed by atoms with E-state index >= 15 is 0 Å². The molecular weight excluding hydrogens is 480 g/mol. The number of hydrogen-bond donors (Lipinski definition) is 7. The minimum Gasteiger partial charge on any atom is -0.454 e. The van der Waals surface area contributed by atoms with Crippen molar-refractivity contribution in [1.29, 1.82) is 0 Å². The molecule has 1 fully saturated rings. The van der Waals surface area contributed by atoms with Crippen molar-refractivity contribution in [2.75, 3.05) is 19.8 Å². The Hall–Kier alpha value is -2.36. The zero-order valence-corrected chi connectivity index (χ0v) is 20.8. The maximum atomic E-state index is 12.4. The number of ether oxygens (including phenoxy) is 3. The first-order valence-corrected chi connectivity index (χ1v) is 12.0. The van der Waals surface area contributed by atoms with Crippen molar-refractivity contribution in [1.82, 2.24) is 10.6 Å². The summed E-state index contributed by atoms with van der Waals surface area (Å²) in [6.45, 7) is 2.64. The van der Waals surface area contributed by atoms with Crippen LogP contribution in [0.3, 0.4) is 0 Å². The Morgan fingerprint density at radius 1 is 1.06 bits per heavy atom. The molecule has 0 saturated carbocycles. The van der Waals surface area contributed by atoms with Crippen molar-refractivity contribution in [2.24, 2.45) is 11.5 Å². The van der Waals surface area contributed by atoms with Crippen LogP contribution >= 0.6 is 0 Å². The number of hydrogen-bond acceptors (Lipinski definition) is 11. The van der Waals surface area contributed by atoms with E-state index in [1.165, 1.54) is 6.92 Å². The molecule has 1 aliphatic heterocycles. The molecule has 0 unspecified atom stereocenters. The van der Waals surface area contributed by atoms with Gasteiger partial charge in [-0.15, -0.1) is 0 Å². The summed E-state index contributed by atoms with van der Waals surface area (Å²) in [6.07, 6.45) is -3.67. The van der Waals surface area contributed by atoms with Gasteiger partial charge in [-0.2, -0.15) is 0 Å². The van der Waals surface area contributed by atoms with Gasteiger partial charge >= 0.3 is 5.97 Å². The Morgan fingerprint density at radius 3 is 2.31 bits per heavy atom. The van der Waals surface area contributed by atoms with Crippen LogP contribution < -0.4 is 22.1 Å². The van der Waals surface area contributed by atoms with Crippen LogP contribution in [0, 0.1) is 0 Å². The highest BCUT2D eigenvalue weighted by molar-refractivity contribution is 5.89. The van der Waals surface area contributed by atoms with Crippen LogP contribution in [-0.4, -0.2) is 102 Å². The minimum absolute atomic E-state index is 0.0601. The number of nitrogens with two attached hydrogens (primary N) is 2. The Bertz CT molecular complexity index is 723. The highest BCUT2D eigenvalue weighted by atomic mass is 16.7. The number of rotatable bonds is 16. The third-order valence-corrected chi connectivity index (χ3v) is 5.51. The number of primary amides is 1. The average Bonchev–Trinajstić information content (AvgIpc) is 2.81. The molecule has 36 heavy (non-hydrogen) atoms. The van der Waals surface area contributed by atoms with Crippen molar-refractivity contribution in [3.8, 4) is 0 Å². The molecule has 1 rings (SSSR count). The summed E-state index contributed by atoms with van der Waals surface area (Å²) in [4.78, 5) is 46.6. The molecule has 9 N–H and O–H groups in total. The maximum Gasteiger partial charge on any atom is 0.303 e. The van der Waals surface area contributed by atoms with E-state index in [1.54, 1.807) is 0 Å². The fourth-order valence-electron chi connectivity index (χ4n) is 3.48. The Kier molecular flexibility index (Phi) is 14.4. The lowest BCUT2D eigenvalue weighted by molar-refractivity contribution is -0.304. The summed E-state index contributed by atoms with van der Waals surface area (Å²) in [5.41, 5.74) is 10.6. The lowest BCUT2D eigenvalue weighted by Crippen LogP contribution is -2.60. The molecule has 0 aromatic rings. The van der Waals surface area contributed by atoms with Crippen LogP contribution in [0.1, 0.15) is 52.4 Å². The summed E-state index contributed by atoms with van der Waals surface area (Å²) in [5.74, 6) is -2.20. The van der Waals surface area contributed by atoms with E-state index in [9.17, 15) is 34.5 Å². The summed E-state index contributed by atoms with van der Waals surface area (Å²) in [6, 6.07) is -1.72. The Labute approximate surface area is 210 Å². The lowest BCUT2D eigenvalue weighted by Gasteiger charge is -2.41. The largest absolute Gasteiger partial charge is 0.454 e. The molecule has 0 aromatic carbocycles. The number of aliphatic hydroxyl groups excluding tert-OH is 3. The van der Waals surface area contributed by atoms with Gasteiger partial charge in [0.2, 0.25) is 17.7 Å². The van der Waals surface area contributed by atoms with Crippen molar-refractivity contribution in [3.63, 3.8) is 0 Å². The molecule has 208 valence electrons. The van der Waals surface area contributed by atoms with Gasteiger partial charge in [-0.1, -0.05) is 12.8 Å². The molecular formula is C22H40N4O10. The SMILES string of the molecule is CC(=O)O[C@@H]1[C@H](OCCCCCCNC(=O)[C@H](CCC(N)=O)NC(=O)[C@H](C)N)O[C@H](CO)[C@@H](O)[C@@H]1O. The average molecular weight is 521 g/mol. The molecule has 0 spiro atoms. The molecule has 0 radical (unpaired) electrons. The smallest absolute Gasteiger partial charge is 0.303 e. The highest BCUT2D eigenvalue weighted by Crippen LogP contribution is 2.25. The fraction of sp³-hybridized carbons (Fsp3) is 0.818. The number of amides is 3. The zero-order valence-electron chi connectivity index (χ0n) is 20.8. The first-order chi connectivity index (χ1) is 17.0. The normalized spacial score (nSPS) is 25.4. The summed E-state index contributed by atoms with van der Waals surface area (Å²) < 4.78 is 16.0. The van der Waals surface area contributed by atoms with Gasteiger partial charge < -0.3 is 51.6 Å². The number of aliphatic hydroxyl groups is 3. The lowest BCUT2D eigenvalue weighted by atomic mass is 9.99. The van der Waals surface area contributed by atoms with Crippen LogP contribution in [0.2, 0.25) is 0 Å². The summed E-state index contributed by atoms with van der Waals surface area (Å²) in [7, 11) is 0. The molecule has 3 amide bonds. The number of carbonyl (C=O) groups is 4. The van der Waals surface area contributed by atoms with Crippen molar-refractivity contribution >= 4 is 23.7 Å². The quantitative estimate of drug-likeness (QED) is 0.0808. The van der Waals surface area contributed by atoms with E-state index in [2.05, 4.69) is 10.6 Å². The molecule has 0 aliphatic carbocycles. The molecule has 1 heterocycles. The van der Waals surface area contributed by atoms with Gasteiger partial charge in [0, 0.05) is 26.5 Å². The van der Waals surface area contributed by atoms with Crippen molar-refractivity contribution in [2.45, 2.75) is 95.2 Å². The Balaban J connectivity index is 2.36.